The summed E-state index contributed by atoms with van der Waals surface area (Å²) in [5.74, 6) is 1.59. The number of anilines is 3. The molecule has 0 radical (unpaired) electrons. The minimum absolute atomic E-state index is 0.135. The number of hydrogen-bond donors (Lipinski definition) is 3. The Bertz CT molecular complexity index is 1180. The highest BCUT2D eigenvalue weighted by Crippen LogP contribution is 2.22. The van der Waals surface area contributed by atoms with Crippen molar-refractivity contribution in [3.8, 4) is 11.8 Å². The van der Waals surface area contributed by atoms with Crippen LogP contribution in [0.5, 0.6) is 11.8 Å². The summed E-state index contributed by atoms with van der Waals surface area (Å²) in [6.45, 7) is 1.73. The van der Waals surface area contributed by atoms with Gasteiger partial charge in [0, 0.05) is 22.5 Å². The van der Waals surface area contributed by atoms with Crippen LogP contribution < -0.4 is 15.4 Å². The first-order chi connectivity index (χ1) is 15.0. The summed E-state index contributed by atoms with van der Waals surface area (Å²) in [6, 6.07) is 18.0. The van der Waals surface area contributed by atoms with E-state index in [1.54, 1.807) is 37.3 Å². The fraction of sp³-hybridized carbons (Fsp3) is 0.0952. The zero-order valence-electron chi connectivity index (χ0n) is 16.5. The number of nitrogens with one attached hydrogen (secondary N) is 3. The van der Waals surface area contributed by atoms with Gasteiger partial charge in [-0.1, -0.05) is 29.8 Å². The normalized spacial score (nSPS) is 10.5. The number of nitrogens with zero attached hydrogens (tertiary/aromatic N) is 4. The van der Waals surface area contributed by atoms with Gasteiger partial charge < -0.3 is 15.4 Å². The molecule has 0 bridgehead atoms. The number of benzene rings is 2. The molecule has 156 valence electrons. The van der Waals surface area contributed by atoms with Gasteiger partial charge in [-0.05, 0) is 43.3 Å². The van der Waals surface area contributed by atoms with Gasteiger partial charge in [-0.25, -0.2) is 0 Å². The number of aromatic amines is 1. The Morgan fingerprint density at radius 3 is 2.61 bits per heavy atom. The highest BCUT2D eigenvalue weighted by atomic mass is 35.5. The predicted octanol–water partition coefficient (Wildman–Crippen LogP) is 4.27. The third kappa shape index (κ3) is 5.77. The Morgan fingerprint density at radius 1 is 1.06 bits per heavy atom. The maximum Gasteiger partial charge on any atom is 0.327 e. The van der Waals surface area contributed by atoms with Crippen LogP contribution in [0.25, 0.3) is 0 Å². The largest absolute Gasteiger partial charge is 0.424 e. The van der Waals surface area contributed by atoms with Gasteiger partial charge in [0.15, 0.2) is 5.82 Å². The quantitative estimate of drug-likeness (QED) is 0.396. The summed E-state index contributed by atoms with van der Waals surface area (Å²) in [5, 5.41) is 13.4. The van der Waals surface area contributed by atoms with Crippen LogP contribution >= 0.6 is 11.6 Å². The molecule has 0 spiro atoms. The van der Waals surface area contributed by atoms with E-state index >= 15 is 0 Å². The van der Waals surface area contributed by atoms with Crippen molar-refractivity contribution >= 4 is 35.0 Å². The van der Waals surface area contributed by atoms with E-state index in [1.165, 1.54) is 0 Å². The molecule has 0 saturated heterocycles. The number of hydrogen-bond acceptors (Lipinski definition) is 7. The fourth-order valence-corrected chi connectivity index (χ4v) is 2.82. The molecule has 0 aliphatic heterocycles. The molecule has 0 atom stereocenters. The number of aromatic nitrogens is 5. The maximum atomic E-state index is 12.2. The SMILES string of the molecule is Cc1nc(Nc2cc(CC(=O)Nc3ccccc3)[nH]n2)nc(Oc2ccc(Cl)cc2)n1. The maximum absolute atomic E-state index is 12.2. The topological polar surface area (TPSA) is 118 Å². The molecule has 4 aromatic rings. The van der Waals surface area contributed by atoms with Crippen molar-refractivity contribution in [2.45, 2.75) is 13.3 Å². The number of aryl methyl sites for hydroxylation is 1. The number of H-pyrrole nitrogens is 1. The minimum Gasteiger partial charge on any atom is -0.424 e. The molecule has 4 rings (SSSR count). The third-order valence-electron chi connectivity index (χ3n) is 4.03. The van der Waals surface area contributed by atoms with E-state index in [4.69, 9.17) is 16.3 Å². The third-order valence-corrected chi connectivity index (χ3v) is 4.28. The molecule has 0 fully saturated rings. The number of para-hydroxylation sites is 1. The number of ether oxygens (including phenoxy) is 1. The van der Waals surface area contributed by atoms with Crippen LogP contribution in [0.3, 0.4) is 0 Å². The molecule has 1 amide bonds. The molecule has 2 heterocycles. The van der Waals surface area contributed by atoms with Crippen molar-refractivity contribution in [1.82, 2.24) is 25.1 Å². The molecule has 0 aliphatic carbocycles. The van der Waals surface area contributed by atoms with Gasteiger partial charge in [-0.15, -0.1) is 0 Å². The van der Waals surface area contributed by atoms with Gasteiger partial charge in [-0.2, -0.15) is 20.1 Å². The molecule has 3 N–H and O–H groups in total. The lowest BCUT2D eigenvalue weighted by Gasteiger charge is -2.07. The van der Waals surface area contributed by atoms with Gasteiger partial charge >= 0.3 is 6.01 Å². The Morgan fingerprint density at radius 2 is 1.84 bits per heavy atom. The standard InChI is InChI=1S/C21H18ClN7O2/c1-13-23-20(27-21(24-13)31-17-9-7-14(22)8-10-17)26-18-11-16(28-29-18)12-19(30)25-15-5-3-2-4-6-15/h2-11H,12H2,1H3,(H,25,30)(H2,23,24,26,27,28,29). The predicted molar refractivity (Wildman–Crippen MR) is 117 cm³/mol. The number of rotatable bonds is 7. The molecule has 2 aromatic carbocycles. The highest BCUT2D eigenvalue weighted by molar-refractivity contribution is 6.30. The summed E-state index contributed by atoms with van der Waals surface area (Å²) in [4.78, 5) is 24.9. The van der Waals surface area contributed by atoms with Gasteiger partial charge in [-0.3, -0.25) is 9.89 Å². The second kappa shape index (κ2) is 9.23. The fourth-order valence-electron chi connectivity index (χ4n) is 2.70. The first-order valence-electron chi connectivity index (χ1n) is 9.36. The minimum atomic E-state index is -0.156. The second-order valence-electron chi connectivity index (χ2n) is 6.54. The smallest absolute Gasteiger partial charge is 0.327 e. The molecular weight excluding hydrogens is 418 g/mol. The van der Waals surface area contributed by atoms with Crippen LogP contribution in [0.2, 0.25) is 5.02 Å². The Labute approximate surface area is 182 Å². The average Bonchev–Trinajstić information content (AvgIpc) is 3.16. The number of carbonyl (C=O) groups is 1. The van der Waals surface area contributed by atoms with E-state index in [9.17, 15) is 4.79 Å². The second-order valence-corrected chi connectivity index (χ2v) is 6.98. The van der Waals surface area contributed by atoms with Gasteiger partial charge in [0.25, 0.3) is 0 Å². The monoisotopic (exact) mass is 435 g/mol. The Kier molecular flexibility index (Phi) is 6.04. The summed E-state index contributed by atoms with van der Waals surface area (Å²) in [7, 11) is 0. The van der Waals surface area contributed by atoms with Crippen molar-refractivity contribution in [2.24, 2.45) is 0 Å². The molecule has 2 aromatic heterocycles. The molecule has 9 nitrogen and oxygen atoms in total. The lowest BCUT2D eigenvalue weighted by molar-refractivity contribution is -0.115. The summed E-state index contributed by atoms with van der Waals surface area (Å²) >= 11 is 5.89. The van der Waals surface area contributed by atoms with Crippen molar-refractivity contribution in [3.05, 3.63) is 77.2 Å². The van der Waals surface area contributed by atoms with Gasteiger partial charge in [0.1, 0.15) is 11.6 Å². The average molecular weight is 436 g/mol. The summed E-state index contributed by atoms with van der Waals surface area (Å²) < 4.78 is 5.66. The van der Waals surface area contributed by atoms with Crippen LogP contribution in [0.4, 0.5) is 17.5 Å². The van der Waals surface area contributed by atoms with Gasteiger partial charge in [0.2, 0.25) is 11.9 Å². The van der Waals surface area contributed by atoms with E-state index in [-0.39, 0.29) is 24.3 Å². The van der Waals surface area contributed by atoms with Crippen molar-refractivity contribution in [1.29, 1.82) is 0 Å². The molecule has 10 heteroatoms. The summed E-state index contributed by atoms with van der Waals surface area (Å²) in [5.41, 5.74) is 1.37. The van der Waals surface area contributed by atoms with E-state index in [1.807, 2.05) is 30.3 Å². The van der Waals surface area contributed by atoms with Crippen molar-refractivity contribution in [2.75, 3.05) is 10.6 Å². The number of carbonyl (C=O) groups excluding carboxylic acids is 1. The van der Waals surface area contributed by atoms with Crippen LogP contribution in [-0.2, 0) is 11.2 Å². The molecule has 0 unspecified atom stereocenters. The van der Waals surface area contributed by atoms with Crippen molar-refractivity contribution in [3.63, 3.8) is 0 Å². The van der Waals surface area contributed by atoms with E-state index in [0.29, 0.717) is 28.1 Å². The first kappa shape index (κ1) is 20.3. The van der Waals surface area contributed by atoms with Crippen molar-refractivity contribution < 1.29 is 9.53 Å². The number of halogens is 1. The van der Waals surface area contributed by atoms with Gasteiger partial charge in [0.05, 0.1) is 6.42 Å². The lowest BCUT2D eigenvalue weighted by Crippen LogP contribution is -2.14. The van der Waals surface area contributed by atoms with E-state index < -0.39 is 0 Å². The Balaban J connectivity index is 1.40. The van der Waals surface area contributed by atoms with E-state index in [0.717, 1.165) is 5.69 Å². The van der Waals surface area contributed by atoms with Crippen LogP contribution in [0.1, 0.15) is 11.5 Å². The molecule has 31 heavy (non-hydrogen) atoms. The zero-order chi connectivity index (χ0) is 21.6. The molecule has 0 aliphatic rings. The lowest BCUT2D eigenvalue weighted by atomic mass is 10.2. The zero-order valence-corrected chi connectivity index (χ0v) is 17.2. The Hall–Kier alpha value is -3.98. The van der Waals surface area contributed by atoms with Crippen LogP contribution in [0.15, 0.2) is 60.7 Å². The van der Waals surface area contributed by atoms with Crippen LogP contribution in [-0.4, -0.2) is 31.1 Å². The highest BCUT2D eigenvalue weighted by Gasteiger charge is 2.11. The van der Waals surface area contributed by atoms with Crippen LogP contribution in [0, 0.1) is 6.92 Å². The first-order valence-corrected chi connectivity index (χ1v) is 9.73. The number of amides is 1. The summed E-state index contributed by atoms with van der Waals surface area (Å²) in [6.07, 6.45) is 0.144. The van der Waals surface area contributed by atoms with E-state index in [2.05, 4.69) is 35.8 Å². The molecular formula is C21H18ClN7O2. The molecule has 0 saturated carbocycles.